The van der Waals surface area contributed by atoms with Gasteiger partial charge < -0.3 is 9.47 Å². The van der Waals surface area contributed by atoms with Crippen LogP contribution in [0.25, 0.3) is 0 Å². The first-order chi connectivity index (χ1) is 12.5. The SMILES string of the molecule is C=C1CCC(C(=O)OCC)=CC1C1C=CCC(Br)=CC(C(=O)OCC)=C1. The van der Waals surface area contributed by atoms with Crippen molar-refractivity contribution in [2.75, 3.05) is 13.2 Å². The molecule has 0 spiro atoms. The first-order valence-corrected chi connectivity index (χ1v) is 9.72. The number of rotatable bonds is 5. The van der Waals surface area contributed by atoms with Crippen LogP contribution < -0.4 is 0 Å². The molecule has 0 saturated heterocycles. The van der Waals surface area contributed by atoms with Gasteiger partial charge in [0.05, 0.1) is 18.8 Å². The Labute approximate surface area is 163 Å². The average molecular weight is 421 g/mol. The van der Waals surface area contributed by atoms with Gasteiger partial charge in [-0.05, 0) is 43.7 Å². The monoisotopic (exact) mass is 420 g/mol. The Hall–Kier alpha value is -1.88. The number of esters is 2. The van der Waals surface area contributed by atoms with Crippen molar-refractivity contribution < 1.29 is 19.1 Å². The van der Waals surface area contributed by atoms with E-state index >= 15 is 0 Å². The van der Waals surface area contributed by atoms with E-state index < -0.39 is 0 Å². The van der Waals surface area contributed by atoms with Crippen molar-refractivity contribution >= 4 is 27.9 Å². The Morgan fingerprint density at radius 1 is 1.15 bits per heavy atom. The van der Waals surface area contributed by atoms with Crippen LogP contribution in [0.1, 0.15) is 33.1 Å². The summed E-state index contributed by atoms with van der Waals surface area (Å²) < 4.78 is 11.2. The molecule has 140 valence electrons. The second-order valence-corrected chi connectivity index (χ2v) is 7.26. The molecule has 0 aliphatic heterocycles. The fourth-order valence-electron chi connectivity index (χ4n) is 3.10. The molecule has 2 aliphatic rings. The molecule has 2 aliphatic carbocycles. The molecule has 0 aromatic rings. The lowest BCUT2D eigenvalue weighted by atomic mass is 9.77. The lowest BCUT2D eigenvalue weighted by Crippen LogP contribution is -2.21. The molecule has 4 nitrogen and oxygen atoms in total. The van der Waals surface area contributed by atoms with Gasteiger partial charge in [0.25, 0.3) is 0 Å². The summed E-state index contributed by atoms with van der Waals surface area (Å²) >= 11 is 3.48. The van der Waals surface area contributed by atoms with Gasteiger partial charge in [0.2, 0.25) is 0 Å². The van der Waals surface area contributed by atoms with Crippen LogP contribution in [0.2, 0.25) is 0 Å². The maximum absolute atomic E-state index is 12.3. The first-order valence-electron chi connectivity index (χ1n) is 8.93. The molecule has 5 heteroatoms. The zero-order valence-corrected chi connectivity index (χ0v) is 16.9. The molecule has 0 bridgehead atoms. The molecule has 0 fully saturated rings. The molecule has 2 unspecified atom stereocenters. The van der Waals surface area contributed by atoms with Crippen LogP contribution in [0.4, 0.5) is 0 Å². The lowest BCUT2D eigenvalue weighted by Gasteiger charge is -2.28. The van der Waals surface area contributed by atoms with Crippen molar-refractivity contribution in [2.24, 2.45) is 11.8 Å². The minimum atomic E-state index is -0.347. The van der Waals surface area contributed by atoms with Crippen molar-refractivity contribution in [3.8, 4) is 0 Å². The van der Waals surface area contributed by atoms with Crippen LogP contribution in [0, 0.1) is 11.8 Å². The zero-order chi connectivity index (χ0) is 19.1. The van der Waals surface area contributed by atoms with Crippen LogP contribution in [0.15, 0.2) is 58.2 Å². The standard InChI is InChI=1S/C21H25BrO4/c1-4-25-20(23)16-10-9-14(3)19(13-16)15-7-6-8-18(22)12-17(11-15)21(24)26-5-2/h6-7,11-13,15,19H,3-5,8-10H2,1-2H3. The lowest BCUT2D eigenvalue weighted by molar-refractivity contribution is -0.139. The third-order valence-corrected chi connectivity index (χ3v) is 4.94. The summed E-state index contributed by atoms with van der Waals surface area (Å²) in [5, 5.41) is 0. The summed E-state index contributed by atoms with van der Waals surface area (Å²) in [6, 6.07) is 0. The number of carbonyl (C=O) groups excluding carboxylic acids is 2. The fourth-order valence-corrected chi connectivity index (χ4v) is 3.53. The van der Waals surface area contributed by atoms with Gasteiger partial charge >= 0.3 is 11.9 Å². The maximum atomic E-state index is 12.3. The van der Waals surface area contributed by atoms with E-state index in [0.717, 1.165) is 16.5 Å². The molecule has 0 saturated carbocycles. The largest absolute Gasteiger partial charge is 0.463 e. The average Bonchev–Trinajstić information content (AvgIpc) is 2.58. The highest BCUT2D eigenvalue weighted by Crippen LogP contribution is 2.36. The van der Waals surface area contributed by atoms with Gasteiger partial charge in [-0.3, -0.25) is 0 Å². The minimum absolute atomic E-state index is 0.0471. The molecule has 0 radical (unpaired) electrons. The topological polar surface area (TPSA) is 52.6 Å². The molecular formula is C21H25BrO4. The number of halogens is 1. The highest BCUT2D eigenvalue weighted by Gasteiger charge is 2.27. The van der Waals surface area contributed by atoms with Gasteiger partial charge in [0.15, 0.2) is 0 Å². The summed E-state index contributed by atoms with van der Waals surface area (Å²) in [6.45, 7) is 8.45. The van der Waals surface area contributed by atoms with E-state index in [4.69, 9.17) is 9.47 Å². The normalized spacial score (nSPS) is 23.2. The van der Waals surface area contributed by atoms with Gasteiger partial charge in [-0.15, -0.1) is 0 Å². The van der Waals surface area contributed by atoms with E-state index in [1.165, 1.54) is 0 Å². The number of hydrogen-bond donors (Lipinski definition) is 0. The van der Waals surface area contributed by atoms with Crippen molar-refractivity contribution in [1.29, 1.82) is 0 Å². The van der Waals surface area contributed by atoms with E-state index in [2.05, 4.69) is 34.7 Å². The zero-order valence-electron chi connectivity index (χ0n) is 15.3. The van der Waals surface area contributed by atoms with E-state index in [9.17, 15) is 9.59 Å². The van der Waals surface area contributed by atoms with E-state index in [-0.39, 0.29) is 23.8 Å². The number of allylic oxidation sites excluding steroid dienone is 6. The number of carbonyl (C=O) groups is 2. The third kappa shape index (κ3) is 5.31. The molecule has 2 rings (SSSR count). The van der Waals surface area contributed by atoms with E-state index in [1.54, 1.807) is 19.9 Å². The van der Waals surface area contributed by atoms with Gasteiger partial charge in [0, 0.05) is 17.4 Å². The second-order valence-electron chi connectivity index (χ2n) is 6.24. The van der Waals surface area contributed by atoms with Crippen LogP contribution >= 0.6 is 15.9 Å². The van der Waals surface area contributed by atoms with Crippen molar-refractivity contribution in [3.63, 3.8) is 0 Å². The molecule has 0 aromatic heterocycles. The van der Waals surface area contributed by atoms with Crippen molar-refractivity contribution in [1.82, 2.24) is 0 Å². The second kappa shape index (κ2) is 9.72. The minimum Gasteiger partial charge on any atom is -0.463 e. The van der Waals surface area contributed by atoms with E-state index in [0.29, 0.717) is 37.2 Å². The molecule has 0 amide bonds. The smallest absolute Gasteiger partial charge is 0.337 e. The van der Waals surface area contributed by atoms with Crippen molar-refractivity contribution in [2.45, 2.75) is 33.1 Å². The molecular weight excluding hydrogens is 396 g/mol. The molecule has 0 N–H and O–H groups in total. The summed E-state index contributed by atoms with van der Waals surface area (Å²) in [5.74, 6) is -0.726. The van der Waals surface area contributed by atoms with Crippen molar-refractivity contribution in [3.05, 3.63) is 58.2 Å². The third-order valence-electron chi connectivity index (χ3n) is 4.39. The Bertz CT molecular complexity index is 697. The van der Waals surface area contributed by atoms with Gasteiger partial charge in [-0.2, -0.15) is 0 Å². The predicted molar refractivity (Wildman–Crippen MR) is 106 cm³/mol. The van der Waals surface area contributed by atoms with E-state index in [1.807, 2.05) is 12.2 Å². The Morgan fingerprint density at radius 3 is 2.54 bits per heavy atom. The maximum Gasteiger partial charge on any atom is 0.337 e. The quantitative estimate of drug-likeness (QED) is 0.473. The fraction of sp³-hybridized carbons (Fsp3) is 0.429. The summed E-state index contributed by atoms with van der Waals surface area (Å²) in [7, 11) is 0. The summed E-state index contributed by atoms with van der Waals surface area (Å²) in [4.78, 5) is 24.4. The van der Waals surface area contributed by atoms with Crippen LogP contribution in [0.5, 0.6) is 0 Å². The Balaban J connectivity index is 2.37. The molecule has 0 aromatic carbocycles. The first kappa shape index (κ1) is 20.4. The van der Waals surface area contributed by atoms with Gasteiger partial charge in [0.1, 0.15) is 0 Å². The Kier molecular flexibility index (Phi) is 7.64. The summed E-state index contributed by atoms with van der Waals surface area (Å²) in [6.07, 6.45) is 11.8. The van der Waals surface area contributed by atoms with Gasteiger partial charge in [-0.25, -0.2) is 9.59 Å². The van der Waals surface area contributed by atoms with Crippen LogP contribution in [0.3, 0.4) is 0 Å². The highest BCUT2D eigenvalue weighted by atomic mass is 79.9. The number of hydrogen-bond acceptors (Lipinski definition) is 4. The molecule has 26 heavy (non-hydrogen) atoms. The van der Waals surface area contributed by atoms with Crippen LogP contribution in [-0.4, -0.2) is 25.2 Å². The molecule has 2 atom stereocenters. The summed E-state index contributed by atoms with van der Waals surface area (Å²) in [5.41, 5.74) is 2.25. The number of ether oxygens (including phenoxy) is 2. The Morgan fingerprint density at radius 2 is 1.85 bits per heavy atom. The van der Waals surface area contributed by atoms with Crippen LogP contribution in [-0.2, 0) is 19.1 Å². The highest BCUT2D eigenvalue weighted by molar-refractivity contribution is 9.11. The van der Waals surface area contributed by atoms with Gasteiger partial charge in [-0.1, -0.05) is 52.4 Å². The molecule has 0 heterocycles. The predicted octanol–water partition coefficient (Wildman–Crippen LogP) is 4.79.